The first kappa shape index (κ1) is 19.9. The summed E-state index contributed by atoms with van der Waals surface area (Å²) in [6, 6.07) is 11.7. The molecule has 0 aromatic heterocycles. The van der Waals surface area contributed by atoms with Crippen molar-refractivity contribution in [1.29, 1.82) is 0 Å². The van der Waals surface area contributed by atoms with Crippen molar-refractivity contribution in [2.45, 2.75) is 18.7 Å². The van der Waals surface area contributed by atoms with Crippen molar-refractivity contribution >= 4 is 50.8 Å². The highest BCUT2D eigenvalue weighted by Crippen LogP contribution is 2.30. The maximum Gasteiger partial charge on any atom is 0.290 e. The molecule has 2 amide bonds. The molecule has 0 saturated carbocycles. The summed E-state index contributed by atoms with van der Waals surface area (Å²) < 4.78 is 28.2. The van der Waals surface area contributed by atoms with E-state index in [0.29, 0.717) is 16.8 Å². The van der Waals surface area contributed by atoms with Crippen LogP contribution in [0, 0.1) is 6.92 Å². The van der Waals surface area contributed by atoms with Crippen LogP contribution in [0.3, 0.4) is 0 Å². The molecule has 0 bridgehead atoms. The van der Waals surface area contributed by atoms with E-state index < -0.39 is 21.2 Å². The Kier molecular flexibility index (Phi) is 5.71. The highest BCUT2D eigenvalue weighted by atomic mass is 32.2. The predicted octanol–water partition coefficient (Wildman–Crippen LogP) is 4.15. The van der Waals surface area contributed by atoms with Gasteiger partial charge in [0.25, 0.3) is 21.2 Å². The van der Waals surface area contributed by atoms with Gasteiger partial charge in [-0.2, -0.15) is 0 Å². The average Bonchev–Trinajstić information content (AvgIpc) is 2.94. The number of nitrogens with one attached hydrogen (secondary N) is 2. The third-order valence-electron chi connectivity index (χ3n) is 3.95. The van der Waals surface area contributed by atoms with E-state index in [0.717, 1.165) is 17.3 Å². The number of carbonyl (C=O) groups excluding carboxylic acids is 2. The Bertz CT molecular complexity index is 1120. The summed E-state index contributed by atoms with van der Waals surface area (Å²) in [6.07, 6.45) is 5.10. The minimum absolute atomic E-state index is 0.166. The van der Waals surface area contributed by atoms with Crippen molar-refractivity contribution in [3.05, 3.63) is 70.1 Å². The van der Waals surface area contributed by atoms with E-state index in [4.69, 9.17) is 0 Å². The molecule has 8 heteroatoms. The maximum absolute atomic E-state index is 12.8. The van der Waals surface area contributed by atoms with Crippen LogP contribution in [0.2, 0.25) is 0 Å². The first-order chi connectivity index (χ1) is 13.3. The molecular weight excluding hydrogens is 396 g/mol. The number of hydrogen-bond acceptors (Lipinski definition) is 5. The van der Waals surface area contributed by atoms with E-state index in [-0.39, 0.29) is 9.80 Å². The number of aryl methyl sites for hydroxylation is 1. The minimum Gasteiger partial charge on any atom is -0.282 e. The summed E-state index contributed by atoms with van der Waals surface area (Å²) >= 11 is 0.812. The van der Waals surface area contributed by atoms with Gasteiger partial charge in [0.2, 0.25) is 0 Å². The van der Waals surface area contributed by atoms with E-state index in [1.807, 2.05) is 19.9 Å². The fourth-order valence-electron chi connectivity index (χ4n) is 2.70. The van der Waals surface area contributed by atoms with Gasteiger partial charge < -0.3 is 0 Å². The summed E-state index contributed by atoms with van der Waals surface area (Å²) in [7, 11) is -3.78. The van der Waals surface area contributed by atoms with Crippen LogP contribution in [-0.4, -0.2) is 19.6 Å². The lowest BCUT2D eigenvalue weighted by atomic mass is 10.0. The third kappa shape index (κ3) is 4.35. The summed E-state index contributed by atoms with van der Waals surface area (Å²) in [5, 5.41) is 1.78. The summed E-state index contributed by atoms with van der Waals surface area (Å²) in [4.78, 5) is 23.7. The lowest BCUT2D eigenvalue weighted by Gasteiger charge is -2.13. The first-order valence-corrected chi connectivity index (χ1v) is 10.7. The van der Waals surface area contributed by atoms with Gasteiger partial charge in [0.05, 0.1) is 15.5 Å². The molecule has 144 valence electrons. The molecule has 6 nitrogen and oxygen atoms in total. The molecule has 0 atom stereocenters. The Morgan fingerprint density at radius 1 is 1.11 bits per heavy atom. The van der Waals surface area contributed by atoms with Gasteiger partial charge in [-0.05, 0) is 61.0 Å². The van der Waals surface area contributed by atoms with E-state index in [9.17, 15) is 18.0 Å². The number of amides is 2. The number of anilines is 1. The Labute approximate surface area is 167 Å². The van der Waals surface area contributed by atoms with Crippen LogP contribution in [0.5, 0.6) is 0 Å². The second kappa shape index (κ2) is 8.04. The number of imide groups is 1. The smallest absolute Gasteiger partial charge is 0.282 e. The van der Waals surface area contributed by atoms with Crippen LogP contribution >= 0.6 is 11.8 Å². The van der Waals surface area contributed by atoms with E-state index >= 15 is 0 Å². The molecule has 2 aromatic rings. The summed E-state index contributed by atoms with van der Waals surface area (Å²) in [6.45, 7) is 3.63. The SMILES string of the molecule is C/C=C\c1c(/C=C2\SC(=O)NC2=O)cccc1NS(=O)(=O)c1cccc(C)c1. The van der Waals surface area contributed by atoms with E-state index in [1.54, 1.807) is 48.6 Å². The van der Waals surface area contributed by atoms with E-state index in [2.05, 4.69) is 10.0 Å². The van der Waals surface area contributed by atoms with Crippen molar-refractivity contribution in [2.75, 3.05) is 4.72 Å². The largest absolute Gasteiger partial charge is 0.290 e. The van der Waals surface area contributed by atoms with E-state index in [1.165, 1.54) is 6.07 Å². The number of sulfonamides is 1. The molecule has 1 fully saturated rings. The van der Waals surface area contributed by atoms with Gasteiger partial charge in [-0.15, -0.1) is 0 Å². The number of benzene rings is 2. The molecule has 1 saturated heterocycles. The Morgan fingerprint density at radius 3 is 2.50 bits per heavy atom. The second-order valence-electron chi connectivity index (χ2n) is 6.08. The van der Waals surface area contributed by atoms with Gasteiger partial charge in [0.15, 0.2) is 0 Å². The summed E-state index contributed by atoms with van der Waals surface area (Å²) in [5.74, 6) is -0.466. The average molecular weight is 415 g/mol. The topological polar surface area (TPSA) is 92.3 Å². The number of rotatable bonds is 5. The van der Waals surface area contributed by atoms with Crippen molar-refractivity contribution in [3.8, 4) is 0 Å². The van der Waals surface area contributed by atoms with Crippen molar-refractivity contribution < 1.29 is 18.0 Å². The van der Waals surface area contributed by atoms with Crippen molar-refractivity contribution in [3.63, 3.8) is 0 Å². The molecule has 28 heavy (non-hydrogen) atoms. The number of carbonyl (C=O) groups is 2. The maximum atomic E-state index is 12.8. The Hall–Kier alpha value is -2.84. The lowest BCUT2D eigenvalue weighted by Crippen LogP contribution is -2.17. The van der Waals surface area contributed by atoms with Gasteiger partial charge in [0.1, 0.15) is 0 Å². The van der Waals surface area contributed by atoms with Crippen LogP contribution in [0.4, 0.5) is 10.5 Å². The molecule has 0 radical (unpaired) electrons. The molecule has 0 aliphatic carbocycles. The van der Waals surface area contributed by atoms with Gasteiger partial charge in [-0.3, -0.25) is 19.6 Å². The molecular formula is C20H18N2O4S2. The van der Waals surface area contributed by atoms with Gasteiger partial charge >= 0.3 is 0 Å². The molecule has 1 heterocycles. The molecule has 3 rings (SSSR count). The molecule has 1 aliphatic rings. The number of thioether (sulfide) groups is 1. The highest BCUT2D eigenvalue weighted by molar-refractivity contribution is 8.18. The minimum atomic E-state index is -3.78. The fraction of sp³-hybridized carbons (Fsp3) is 0.100. The molecule has 2 N–H and O–H groups in total. The predicted molar refractivity (Wildman–Crippen MR) is 112 cm³/mol. The third-order valence-corrected chi connectivity index (χ3v) is 6.12. The molecule has 1 aliphatic heterocycles. The van der Waals surface area contributed by atoms with Gasteiger partial charge in [-0.1, -0.05) is 36.4 Å². The molecule has 0 spiro atoms. The van der Waals surface area contributed by atoms with Gasteiger partial charge in [0, 0.05) is 5.56 Å². The second-order valence-corrected chi connectivity index (χ2v) is 8.78. The van der Waals surface area contributed by atoms with Crippen LogP contribution in [0.15, 0.2) is 58.3 Å². The highest BCUT2D eigenvalue weighted by Gasteiger charge is 2.25. The standard InChI is InChI=1S/C20H18N2O4S2/c1-3-6-16-14(12-18-19(23)21-20(24)27-18)8-5-10-17(16)22-28(25,26)15-9-4-7-13(2)11-15/h3-12,22H,1-2H3,(H,21,23,24)/b6-3-,18-12-. The van der Waals surface area contributed by atoms with Gasteiger partial charge in [-0.25, -0.2) is 8.42 Å². The van der Waals surface area contributed by atoms with Crippen LogP contribution in [0.1, 0.15) is 23.6 Å². The quantitative estimate of drug-likeness (QED) is 0.717. The molecule has 2 aromatic carbocycles. The van der Waals surface area contributed by atoms with Crippen molar-refractivity contribution in [1.82, 2.24) is 5.32 Å². The van der Waals surface area contributed by atoms with Crippen LogP contribution < -0.4 is 10.0 Å². The zero-order valence-electron chi connectivity index (χ0n) is 15.2. The monoisotopic (exact) mass is 414 g/mol. The zero-order valence-corrected chi connectivity index (χ0v) is 16.9. The zero-order chi connectivity index (χ0) is 20.3. The Morgan fingerprint density at radius 2 is 1.86 bits per heavy atom. The number of allylic oxidation sites excluding steroid dienone is 1. The van der Waals surface area contributed by atoms with Crippen molar-refractivity contribution in [2.24, 2.45) is 0 Å². The van der Waals surface area contributed by atoms with Crippen LogP contribution in [-0.2, 0) is 14.8 Å². The van der Waals surface area contributed by atoms with Crippen LogP contribution in [0.25, 0.3) is 12.2 Å². The Balaban J connectivity index is 2.04. The number of hydrogen-bond donors (Lipinski definition) is 2. The lowest BCUT2D eigenvalue weighted by molar-refractivity contribution is -0.115. The fourth-order valence-corrected chi connectivity index (χ4v) is 4.56. The summed E-state index contributed by atoms with van der Waals surface area (Å²) in [5.41, 5.74) is 2.43. The normalized spacial score (nSPS) is 16.0. The molecule has 0 unspecified atom stereocenters. The first-order valence-electron chi connectivity index (χ1n) is 8.40.